The Morgan fingerprint density at radius 2 is 2.47 bits per heavy atom. The fraction of sp³-hybridized carbons (Fsp3) is 0.500. The van der Waals surface area contributed by atoms with E-state index in [0.717, 1.165) is 30.8 Å². The SMILES string of the molecule is CCN1CCc2c(nc(NC(N)=S)[nH]c2=O)C1. The van der Waals surface area contributed by atoms with Gasteiger partial charge in [-0.25, -0.2) is 4.98 Å². The van der Waals surface area contributed by atoms with Crippen molar-refractivity contribution in [2.75, 3.05) is 18.4 Å². The molecule has 0 fully saturated rings. The summed E-state index contributed by atoms with van der Waals surface area (Å²) in [6.45, 7) is 4.64. The molecule has 17 heavy (non-hydrogen) atoms. The standard InChI is InChI=1S/C10H15N5OS/c1-2-15-4-3-6-7(5-15)12-10(13-8(6)16)14-9(11)17/h2-5H2,1H3,(H4,11,12,13,14,16,17). The van der Waals surface area contributed by atoms with Crippen molar-refractivity contribution in [3.05, 3.63) is 21.6 Å². The molecule has 6 nitrogen and oxygen atoms in total. The van der Waals surface area contributed by atoms with Crippen LogP contribution in [0.2, 0.25) is 0 Å². The van der Waals surface area contributed by atoms with Crippen LogP contribution in [0.5, 0.6) is 0 Å². The molecule has 0 saturated carbocycles. The largest absolute Gasteiger partial charge is 0.376 e. The van der Waals surface area contributed by atoms with Gasteiger partial charge in [0, 0.05) is 18.7 Å². The van der Waals surface area contributed by atoms with Gasteiger partial charge < -0.3 is 11.1 Å². The molecule has 0 unspecified atom stereocenters. The van der Waals surface area contributed by atoms with E-state index in [1.807, 2.05) is 0 Å². The van der Waals surface area contributed by atoms with E-state index in [1.54, 1.807) is 0 Å². The number of hydrogen-bond acceptors (Lipinski definition) is 4. The topological polar surface area (TPSA) is 87.0 Å². The molecule has 1 aromatic rings. The monoisotopic (exact) mass is 253 g/mol. The van der Waals surface area contributed by atoms with E-state index >= 15 is 0 Å². The number of aromatic amines is 1. The smallest absolute Gasteiger partial charge is 0.255 e. The van der Waals surface area contributed by atoms with E-state index in [2.05, 4.69) is 27.1 Å². The molecule has 0 saturated heterocycles. The third-order valence-electron chi connectivity index (χ3n) is 2.84. The van der Waals surface area contributed by atoms with Crippen LogP contribution < -0.4 is 16.6 Å². The van der Waals surface area contributed by atoms with Gasteiger partial charge in [0.1, 0.15) is 0 Å². The molecule has 1 aromatic heterocycles. The van der Waals surface area contributed by atoms with Crippen LogP contribution in [0.15, 0.2) is 4.79 Å². The lowest BCUT2D eigenvalue weighted by Gasteiger charge is -2.26. The van der Waals surface area contributed by atoms with E-state index in [0.29, 0.717) is 12.5 Å². The number of fused-ring (bicyclic) bond motifs is 1. The van der Waals surface area contributed by atoms with Gasteiger partial charge in [-0.2, -0.15) is 0 Å². The summed E-state index contributed by atoms with van der Waals surface area (Å²) in [6.07, 6.45) is 0.735. The molecule has 0 spiro atoms. The average Bonchev–Trinajstić information content (AvgIpc) is 2.27. The third-order valence-corrected chi connectivity index (χ3v) is 2.94. The predicted octanol–water partition coefficient (Wildman–Crippen LogP) is -0.197. The summed E-state index contributed by atoms with van der Waals surface area (Å²) < 4.78 is 0. The molecule has 92 valence electrons. The Morgan fingerprint density at radius 1 is 1.71 bits per heavy atom. The lowest BCUT2D eigenvalue weighted by atomic mass is 10.1. The Kier molecular flexibility index (Phi) is 3.39. The van der Waals surface area contributed by atoms with Crippen molar-refractivity contribution in [2.45, 2.75) is 19.9 Å². The van der Waals surface area contributed by atoms with Crippen molar-refractivity contribution in [2.24, 2.45) is 5.73 Å². The van der Waals surface area contributed by atoms with Crippen LogP contribution in [0.3, 0.4) is 0 Å². The predicted molar refractivity (Wildman–Crippen MR) is 69.9 cm³/mol. The van der Waals surface area contributed by atoms with Gasteiger partial charge in [-0.15, -0.1) is 0 Å². The highest BCUT2D eigenvalue weighted by Crippen LogP contribution is 2.14. The molecule has 2 heterocycles. The van der Waals surface area contributed by atoms with Gasteiger partial charge in [-0.05, 0) is 25.2 Å². The molecule has 0 aliphatic carbocycles. The number of anilines is 1. The molecule has 0 bridgehead atoms. The summed E-state index contributed by atoms with van der Waals surface area (Å²) in [5, 5.41) is 2.75. The number of rotatable bonds is 2. The van der Waals surface area contributed by atoms with Crippen molar-refractivity contribution >= 4 is 23.3 Å². The molecule has 0 radical (unpaired) electrons. The van der Waals surface area contributed by atoms with E-state index < -0.39 is 0 Å². The van der Waals surface area contributed by atoms with Crippen LogP contribution in [-0.4, -0.2) is 33.1 Å². The molecule has 2 rings (SSSR count). The Hall–Kier alpha value is -1.47. The fourth-order valence-electron chi connectivity index (χ4n) is 1.94. The van der Waals surface area contributed by atoms with E-state index in [4.69, 9.17) is 18.0 Å². The quantitative estimate of drug-likeness (QED) is 0.633. The number of hydrogen-bond donors (Lipinski definition) is 3. The van der Waals surface area contributed by atoms with Crippen LogP contribution in [0.25, 0.3) is 0 Å². The Labute approximate surface area is 104 Å². The zero-order chi connectivity index (χ0) is 12.4. The number of nitrogens with two attached hydrogens (primary N) is 1. The van der Waals surface area contributed by atoms with Gasteiger partial charge in [-0.1, -0.05) is 6.92 Å². The minimum absolute atomic E-state index is 0.0938. The summed E-state index contributed by atoms with van der Waals surface area (Å²) in [6, 6.07) is 0. The maximum absolute atomic E-state index is 11.8. The molecule has 1 aliphatic heterocycles. The number of nitrogens with one attached hydrogen (secondary N) is 2. The first-order valence-electron chi connectivity index (χ1n) is 5.51. The van der Waals surface area contributed by atoms with Crippen molar-refractivity contribution in [1.82, 2.24) is 14.9 Å². The van der Waals surface area contributed by atoms with Gasteiger partial charge in [0.05, 0.1) is 5.69 Å². The summed E-state index contributed by atoms with van der Waals surface area (Å²) in [5.41, 5.74) is 6.82. The highest BCUT2D eigenvalue weighted by Gasteiger charge is 2.19. The zero-order valence-electron chi connectivity index (χ0n) is 9.62. The van der Waals surface area contributed by atoms with Crippen LogP contribution in [0, 0.1) is 0 Å². The molecular formula is C10H15N5OS. The molecule has 0 aromatic carbocycles. The van der Waals surface area contributed by atoms with Gasteiger partial charge in [0.25, 0.3) is 5.56 Å². The number of likely N-dealkylation sites (N-methyl/N-ethyl adjacent to an activating group) is 1. The number of nitrogens with zero attached hydrogens (tertiary/aromatic N) is 2. The van der Waals surface area contributed by atoms with Crippen molar-refractivity contribution < 1.29 is 0 Å². The average molecular weight is 253 g/mol. The van der Waals surface area contributed by atoms with E-state index in [-0.39, 0.29) is 10.7 Å². The maximum Gasteiger partial charge on any atom is 0.255 e. The molecule has 1 aliphatic rings. The minimum Gasteiger partial charge on any atom is -0.376 e. The highest BCUT2D eigenvalue weighted by molar-refractivity contribution is 7.80. The van der Waals surface area contributed by atoms with Crippen LogP contribution in [0.1, 0.15) is 18.2 Å². The van der Waals surface area contributed by atoms with Crippen molar-refractivity contribution in [3.8, 4) is 0 Å². The van der Waals surface area contributed by atoms with Gasteiger partial charge in [0.15, 0.2) is 5.11 Å². The molecule has 0 amide bonds. The molecule has 7 heteroatoms. The van der Waals surface area contributed by atoms with Crippen LogP contribution in [-0.2, 0) is 13.0 Å². The first kappa shape index (κ1) is 12.0. The van der Waals surface area contributed by atoms with Crippen LogP contribution >= 0.6 is 12.2 Å². The second kappa shape index (κ2) is 4.80. The number of aromatic nitrogens is 2. The van der Waals surface area contributed by atoms with Crippen molar-refractivity contribution in [3.63, 3.8) is 0 Å². The first-order valence-corrected chi connectivity index (χ1v) is 5.92. The second-order valence-electron chi connectivity index (χ2n) is 3.95. The molecular weight excluding hydrogens is 238 g/mol. The summed E-state index contributed by atoms with van der Waals surface area (Å²) >= 11 is 4.72. The summed E-state index contributed by atoms with van der Waals surface area (Å²) in [4.78, 5) is 21.0. The molecule has 4 N–H and O–H groups in total. The number of H-pyrrole nitrogens is 1. The van der Waals surface area contributed by atoms with Gasteiger partial charge in [-0.3, -0.25) is 14.7 Å². The first-order chi connectivity index (χ1) is 8.10. The summed E-state index contributed by atoms with van der Waals surface area (Å²) in [5.74, 6) is 0.319. The fourth-order valence-corrected chi connectivity index (χ4v) is 2.04. The van der Waals surface area contributed by atoms with Gasteiger partial charge in [0.2, 0.25) is 5.95 Å². The lowest BCUT2D eigenvalue weighted by Crippen LogP contribution is -2.35. The van der Waals surface area contributed by atoms with Crippen molar-refractivity contribution in [1.29, 1.82) is 0 Å². The van der Waals surface area contributed by atoms with Gasteiger partial charge >= 0.3 is 0 Å². The van der Waals surface area contributed by atoms with Crippen LogP contribution in [0.4, 0.5) is 5.95 Å². The highest BCUT2D eigenvalue weighted by atomic mass is 32.1. The Morgan fingerprint density at radius 3 is 3.12 bits per heavy atom. The minimum atomic E-state index is -0.107. The summed E-state index contributed by atoms with van der Waals surface area (Å²) in [7, 11) is 0. The van der Waals surface area contributed by atoms with E-state index in [9.17, 15) is 4.79 Å². The number of thiocarbonyl (C=S) groups is 1. The second-order valence-corrected chi connectivity index (χ2v) is 4.39. The van der Waals surface area contributed by atoms with E-state index in [1.165, 1.54) is 0 Å². The molecule has 0 atom stereocenters. The Bertz CT molecular complexity index is 498. The zero-order valence-corrected chi connectivity index (χ0v) is 10.4. The lowest BCUT2D eigenvalue weighted by molar-refractivity contribution is 0.263. The normalized spacial score (nSPS) is 15.4. The third kappa shape index (κ3) is 2.62. The maximum atomic E-state index is 11.8. The Balaban J connectivity index is 2.34.